The first-order chi connectivity index (χ1) is 9.81. The molecule has 0 aliphatic heterocycles. The Labute approximate surface area is 124 Å². The number of aryl methyl sites for hydroxylation is 2. The lowest BCUT2D eigenvalue weighted by molar-refractivity contribution is 0.102. The highest BCUT2D eigenvalue weighted by Crippen LogP contribution is 2.23. The summed E-state index contributed by atoms with van der Waals surface area (Å²) in [6.45, 7) is 9.58. The number of nitrogens with one attached hydrogen (secondary N) is 1. The standard InChI is InChI=1S/C16H20FN3O/c1-9(2)20-12(5)15(11(4)19-20)18-16(21)14-7-6-13(17)8-10(14)3/h6-9H,1-5H3,(H,18,21). The zero-order chi connectivity index (χ0) is 15.7. The molecule has 1 aromatic heterocycles. The number of carbonyl (C=O) groups excluding carboxylic acids is 1. The van der Waals surface area contributed by atoms with Crippen molar-refractivity contribution in [3.63, 3.8) is 0 Å². The van der Waals surface area contributed by atoms with Gasteiger partial charge in [0.15, 0.2) is 0 Å². The Morgan fingerprint density at radius 2 is 1.95 bits per heavy atom. The molecule has 2 rings (SSSR count). The molecule has 112 valence electrons. The third-order valence-electron chi connectivity index (χ3n) is 3.49. The van der Waals surface area contributed by atoms with Gasteiger partial charge in [0.1, 0.15) is 5.82 Å². The number of aromatic nitrogens is 2. The van der Waals surface area contributed by atoms with Crippen LogP contribution in [0.3, 0.4) is 0 Å². The summed E-state index contributed by atoms with van der Waals surface area (Å²) in [5, 5.41) is 7.32. The molecule has 1 amide bonds. The molecule has 0 aliphatic rings. The molecule has 0 atom stereocenters. The molecule has 1 aromatic carbocycles. The second-order valence-corrected chi connectivity index (χ2v) is 5.50. The van der Waals surface area contributed by atoms with E-state index in [1.165, 1.54) is 18.2 Å². The van der Waals surface area contributed by atoms with Crippen LogP contribution >= 0.6 is 0 Å². The zero-order valence-electron chi connectivity index (χ0n) is 13.0. The van der Waals surface area contributed by atoms with Gasteiger partial charge in [-0.2, -0.15) is 5.10 Å². The summed E-state index contributed by atoms with van der Waals surface area (Å²) in [6.07, 6.45) is 0. The fraction of sp³-hybridized carbons (Fsp3) is 0.375. The van der Waals surface area contributed by atoms with E-state index >= 15 is 0 Å². The van der Waals surface area contributed by atoms with Gasteiger partial charge in [0.25, 0.3) is 5.91 Å². The van der Waals surface area contributed by atoms with Crippen molar-refractivity contribution in [1.29, 1.82) is 0 Å². The highest BCUT2D eigenvalue weighted by Gasteiger charge is 2.17. The number of benzene rings is 1. The molecule has 0 spiro atoms. The summed E-state index contributed by atoms with van der Waals surface area (Å²) >= 11 is 0. The van der Waals surface area contributed by atoms with Crippen LogP contribution in [0.4, 0.5) is 10.1 Å². The van der Waals surface area contributed by atoms with Gasteiger partial charge in [-0.15, -0.1) is 0 Å². The van der Waals surface area contributed by atoms with Gasteiger partial charge < -0.3 is 5.32 Å². The molecule has 5 heteroatoms. The molecular formula is C16H20FN3O. The van der Waals surface area contributed by atoms with Crippen LogP contribution in [0.15, 0.2) is 18.2 Å². The van der Waals surface area contributed by atoms with Crippen molar-refractivity contribution in [2.45, 2.75) is 40.7 Å². The van der Waals surface area contributed by atoms with Crippen molar-refractivity contribution in [2.75, 3.05) is 5.32 Å². The first kappa shape index (κ1) is 15.2. The van der Waals surface area contributed by atoms with Crippen molar-refractivity contribution >= 4 is 11.6 Å². The number of nitrogens with zero attached hydrogens (tertiary/aromatic N) is 2. The van der Waals surface area contributed by atoms with Crippen LogP contribution in [-0.2, 0) is 0 Å². The summed E-state index contributed by atoms with van der Waals surface area (Å²) in [5.74, 6) is -0.592. The predicted octanol–water partition coefficient (Wildman–Crippen LogP) is 3.78. The fourth-order valence-electron chi connectivity index (χ4n) is 2.41. The van der Waals surface area contributed by atoms with Crippen molar-refractivity contribution < 1.29 is 9.18 Å². The first-order valence-corrected chi connectivity index (χ1v) is 6.94. The molecule has 1 N–H and O–H groups in total. The molecular weight excluding hydrogens is 269 g/mol. The number of amides is 1. The summed E-state index contributed by atoms with van der Waals surface area (Å²) < 4.78 is 15.0. The summed E-state index contributed by atoms with van der Waals surface area (Å²) in [5.41, 5.74) is 3.48. The van der Waals surface area contributed by atoms with Gasteiger partial charge in [-0.05, 0) is 58.4 Å². The smallest absolute Gasteiger partial charge is 0.256 e. The summed E-state index contributed by atoms with van der Waals surface area (Å²) in [6, 6.07) is 4.37. The Morgan fingerprint density at radius 1 is 1.29 bits per heavy atom. The molecule has 4 nitrogen and oxygen atoms in total. The maximum absolute atomic E-state index is 13.1. The van der Waals surface area contributed by atoms with E-state index in [0.717, 1.165) is 17.1 Å². The molecule has 0 radical (unpaired) electrons. The quantitative estimate of drug-likeness (QED) is 0.934. The SMILES string of the molecule is Cc1cc(F)ccc1C(=O)Nc1c(C)nn(C(C)C)c1C. The van der Waals surface area contributed by atoms with E-state index in [2.05, 4.69) is 10.4 Å². The minimum atomic E-state index is -0.343. The third kappa shape index (κ3) is 2.96. The average Bonchev–Trinajstić information content (AvgIpc) is 2.66. The Kier molecular flexibility index (Phi) is 4.11. The molecule has 21 heavy (non-hydrogen) atoms. The minimum absolute atomic E-state index is 0.224. The van der Waals surface area contributed by atoms with E-state index in [9.17, 15) is 9.18 Å². The molecule has 1 heterocycles. The van der Waals surface area contributed by atoms with Gasteiger partial charge in [0.2, 0.25) is 0 Å². The maximum Gasteiger partial charge on any atom is 0.256 e. The average molecular weight is 289 g/mol. The molecule has 0 fully saturated rings. The van der Waals surface area contributed by atoms with Crippen LogP contribution in [0.25, 0.3) is 0 Å². The topological polar surface area (TPSA) is 46.9 Å². The van der Waals surface area contributed by atoms with Gasteiger partial charge in [-0.3, -0.25) is 9.48 Å². The van der Waals surface area contributed by atoms with Crippen molar-refractivity contribution in [2.24, 2.45) is 0 Å². The number of anilines is 1. The molecule has 0 unspecified atom stereocenters. The van der Waals surface area contributed by atoms with Crippen molar-refractivity contribution in [3.8, 4) is 0 Å². The first-order valence-electron chi connectivity index (χ1n) is 6.94. The Hall–Kier alpha value is -2.17. The van der Waals surface area contributed by atoms with Crippen LogP contribution in [0.2, 0.25) is 0 Å². The van der Waals surface area contributed by atoms with E-state index in [-0.39, 0.29) is 17.8 Å². The second kappa shape index (κ2) is 5.68. The minimum Gasteiger partial charge on any atom is -0.319 e. The lowest BCUT2D eigenvalue weighted by Crippen LogP contribution is -2.15. The summed E-state index contributed by atoms with van der Waals surface area (Å²) in [7, 11) is 0. The van der Waals surface area contributed by atoms with Crippen molar-refractivity contribution in [3.05, 3.63) is 46.5 Å². The number of rotatable bonds is 3. The lowest BCUT2D eigenvalue weighted by Gasteiger charge is -2.10. The normalized spacial score (nSPS) is 11.0. The number of hydrogen-bond acceptors (Lipinski definition) is 2. The lowest BCUT2D eigenvalue weighted by atomic mass is 10.1. The van der Waals surface area contributed by atoms with Crippen LogP contribution in [0, 0.1) is 26.6 Å². The Bertz CT molecular complexity index is 689. The Morgan fingerprint density at radius 3 is 2.48 bits per heavy atom. The third-order valence-corrected chi connectivity index (χ3v) is 3.49. The van der Waals surface area contributed by atoms with Gasteiger partial charge in [0.05, 0.1) is 17.1 Å². The largest absolute Gasteiger partial charge is 0.319 e. The van der Waals surface area contributed by atoms with Gasteiger partial charge in [-0.25, -0.2) is 4.39 Å². The van der Waals surface area contributed by atoms with Crippen LogP contribution in [0.1, 0.15) is 47.2 Å². The van der Waals surface area contributed by atoms with E-state index in [1.54, 1.807) is 6.92 Å². The predicted molar refractivity (Wildman–Crippen MR) is 81.2 cm³/mol. The highest BCUT2D eigenvalue weighted by atomic mass is 19.1. The maximum atomic E-state index is 13.1. The molecule has 0 bridgehead atoms. The van der Waals surface area contributed by atoms with Crippen molar-refractivity contribution in [1.82, 2.24) is 9.78 Å². The van der Waals surface area contributed by atoms with E-state index < -0.39 is 0 Å². The Balaban J connectivity index is 2.32. The fourth-order valence-corrected chi connectivity index (χ4v) is 2.41. The van der Waals surface area contributed by atoms with E-state index in [0.29, 0.717) is 11.1 Å². The van der Waals surface area contributed by atoms with Crippen LogP contribution < -0.4 is 5.32 Å². The zero-order valence-corrected chi connectivity index (χ0v) is 13.0. The molecule has 0 saturated heterocycles. The number of halogens is 1. The monoisotopic (exact) mass is 289 g/mol. The molecule has 2 aromatic rings. The number of hydrogen-bond donors (Lipinski definition) is 1. The summed E-state index contributed by atoms with van der Waals surface area (Å²) in [4.78, 5) is 12.4. The van der Waals surface area contributed by atoms with Gasteiger partial charge in [0, 0.05) is 11.6 Å². The van der Waals surface area contributed by atoms with Crippen LogP contribution in [0.5, 0.6) is 0 Å². The second-order valence-electron chi connectivity index (χ2n) is 5.50. The van der Waals surface area contributed by atoms with Crippen LogP contribution in [-0.4, -0.2) is 15.7 Å². The van der Waals surface area contributed by atoms with E-state index in [4.69, 9.17) is 0 Å². The molecule has 0 aliphatic carbocycles. The molecule has 0 saturated carbocycles. The van der Waals surface area contributed by atoms with Gasteiger partial charge in [-0.1, -0.05) is 0 Å². The van der Waals surface area contributed by atoms with E-state index in [1.807, 2.05) is 32.4 Å². The number of carbonyl (C=O) groups is 1. The highest BCUT2D eigenvalue weighted by molar-refractivity contribution is 6.05. The van der Waals surface area contributed by atoms with Gasteiger partial charge >= 0.3 is 0 Å².